The predicted octanol–water partition coefficient (Wildman–Crippen LogP) is 4.12. The van der Waals surface area contributed by atoms with Crippen LogP contribution >= 0.6 is 11.6 Å². The third kappa shape index (κ3) is 3.96. The second-order valence-electron chi connectivity index (χ2n) is 3.32. The Morgan fingerprint density at radius 1 is 1.33 bits per heavy atom. The van der Waals surface area contributed by atoms with E-state index < -0.39 is 0 Å². The van der Waals surface area contributed by atoms with E-state index >= 15 is 0 Å². The predicted molar refractivity (Wildman–Crippen MR) is 66.6 cm³/mol. The van der Waals surface area contributed by atoms with Gasteiger partial charge in [-0.1, -0.05) is 18.2 Å². The SMILES string of the molecule is CCOc1ccc(C(C)=CCCCl)cc1. The maximum Gasteiger partial charge on any atom is 0.119 e. The summed E-state index contributed by atoms with van der Waals surface area (Å²) in [5.41, 5.74) is 2.49. The fourth-order valence-corrected chi connectivity index (χ4v) is 1.48. The van der Waals surface area contributed by atoms with Gasteiger partial charge in [0.1, 0.15) is 5.75 Å². The third-order valence-electron chi connectivity index (χ3n) is 2.18. The van der Waals surface area contributed by atoms with Gasteiger partial charge in [0.15, 0.2) is 0 Å². The number of alkyl halides is 1. The molecule has 0 aliphatic carbocycles. The van der Waals surface area contributed by atoms with Gasteiger partial charge in [-0.05, 0) is 43.5 Å². The van der Waals surface area contributed by atoms with E-state index in [0.717, 1.165) is 12.2 Å². The van der Waals surface area contributed by atoms with E-state index in [1.807, 2.05) is 19.1 Å². The van der Waals surface area contributed by atoms with Gasteiger partial charge in [0, 0.05) is 5.88 Å². The molecule has 1 nitrogen and oxygen atoms in total. The summed E-state index contributed by atoms with van der Waals surface area (Å²) >= 11 is 5.63. The van der Waals surface area contributed by atoms with E-state index in [9.17, 15) is 0 Å². The summed E-state index contributed by atoms with van der Waals surface area (Å²) in [7, 11) is 0. The summed E-state index contributed by atoms with van der Waals surface area (Å²) in [4.78, 5) is 0. The minimum absolute atomic E-state index is 0.675. The Hall–Kier alpha value is -0.950. The minimum Gasteiger partial charge on any atom is -0.494 e. The first-order valence-electron chi connectivity index (χ1n) is 5.24. The van der Waals surface area contributed by atoms with Crippen LogP contribution in [0.2, 0.25) is 0 Å². The molecule has 0 aromatic heterocycles. The van der Waals surface area contributed by atoms with Crippen LogP contribution in [0.3, 0.4) is 0 Å². The number of ether oxygens (including phenoxy) is 1. The second kappa shape index (κ2) is 6.52. The summed E-state index contributed by atoms with van der Waals surface area (Å²) in [6.45, 7) is 4.79. The van der Waals surface area contributed by atoms with E-state index in [1.54, 1.807) is 0 Å². The number of halogens is 1. The second-order valence-corrected chi connectivity index (χ2v) is 3.70. The topological polar surface area (TPSA) is 9.23 Å². The molecule has 0 atom stereocenters. The Kier molecular flexibility index (Phi) is 5.27. The largest absolute Gasteiger partial charge is 0.494 e. The average Bonchev–Trinajstić information content (AvgIpc) is 2.27. The zero-order valence-electron chi connectivity index (χ0n) is 9.29. The van der Waals surface area contributed by atoms with Crippen LogP contribution in [0.15, 0.2) is 30.3 Å². The van der Waals surface area contributed by atoms with Crippen molar-refractivity contribution in [1.29, 1.82) is 0 Å². The van der Waals surface area contributed by atoms with Crippen LogP contribution in [0.5, 0.6) is 5.75 Å². The molecule has 1 aromatic rings. The zero-order valence-corrected chi connectivity index (χ0v) is 10.1. The zero-order chi connectivity index (χ0) is 11.1. The molecule has 1 aromatic carbocycles. The molecule has 0 saturated carbocycles. The molecule has 0 amide bonds. The minimum atomic E-state index is 0.675. The van der Waals surface area contributed by atoms with Crippen molar-refractivity contribution in [2.45, 2.75) is 20.3 Å². The summed E-state index contributed by atoms with van der Waals surface area (Å²) in [5.74, 6) is 1.60. The van der Waals surface area contributed by atoms with Gasteiger partial charge >= 0.3 is 0 Å². The lowest BCUT2D eigenvalue weighted by Gasteiger charge is -2.05. The Morgan fingerprint density at radius 3 is 2.53 bits per heavy atom. The van der Waals surface area contributed by atoms with E-state index in [-0.39, 0.29) is 0 Å². The molecule has 0 bridgehead atoms. The van der Waals surface area contributed by atoms with Crippen molar-refractivity contribution in [1.82, 2.24) is 0 Å². The molecule has 0 aliphatic heterocycles. The van der Waals surface area contributed by atoms with Crippen molar-refractivity contribution in [3.05, 3.63) is 35.9 Å². The quantitative estimate of drug-likeness (QED) is 0.684. The Morgan fingerprint density at radius 2 is 2.00 bits per heavy atom. The maximum atomic E-state index is 5.63. The molecule has 0 unspecified atom stereocenters. The van der Waals surface area contributed by atoms with E-state index in [0.29, 0.717) is 12.5 Å². The summed E-state index contributed by atoms with van der Waals surface area (Å²) in [5, 5.41) is 0. The first-order chi connectivity index (χ1) is 7.27. The van der Waals surface area contributed by atoms with Crippen LogP contribution in [0.25, 0.3) is 5.57 Å². The lowest BCUT2D eigenvalue weighted by atomic mass is 10.1. The average molecular weight is 225 g/mol. The number of allylic oxidation sites excluding steroid dienone is 2. The first-order valence-corrected chi connectivity index (χ1v) is 5.77. The summed E-state index contributed by atoms with van der Waals surface area (Å²) in [6, 6.07) is 8.14. The molecule has 0 spiro atoms. The molecule has 0 saturated heterocycles. The molecule has 1 rings (SSSR count). The van der Waals surface area contributed by atoms with E-state index in [2.05, 4.69) is 25.1 Å². The molecular weight excluding hydrogens is 208 g/mol. The van der Waals surface area contributed by atoms with Crippen LogP contribution in [0, 0.1) is 0 Å². The van der Waals surface area contributed by atoms with Gasteiger partial charge in [-0.25, -0.2) is 0 Å². The maximum absolute atomic E-state index is 5.63. The lowest BCUT2D eigenvalue weighted by molar-refractivity contribution is 0.340. The fraction of sp³-hybridized carbons (Fsp3) is 0.385. The Balaban J connectivity index is 2.70. The van der Waals surface area contributed by atoms with Gasteiger partial charge in [-0.2, -0.15) is 0 Å². The molecule has 82 valence electrons. The highest BCUT2D eigenvalue weighted by atomic mass is 35.5. The van der Waals surface area contributed by atoms with Crippen LogP contribution in [0.1, 0.15) is 25.8 Å². The number of hydrogen-bond acceptors (Lipinski definition) is 1. The van der Waals surface area contributed by atoms with Crippen LogP contribution < -0.4 is 4.74 Å². The normalized spacial score (nSPS) is 11.5. The van der Waals surface area contributed by atoms with Gasteiger partial charge in [0.25, 0.3) is 0 Å². The Labute approximate surface area is 96.7 Å². The standard InChI is InChI=1S/C13H17ClO/c1-3-15-13-8-6-12(7-9-13)11(2)5-4-10-14/h5-9H,3-4,10H2,1-2H3. The van der Waals surface area contributed by atoms with Gasteiger partial charge in [0.05, 0.1) is 6.61 Å². The van der Waals surface area contributed by atoms with Crippen molar-refractivity contribution in [3.8, 4) is 5.75 Å². The molecule has 0 aliphatic rings. The number of rotatable bonds is 5. The highest BCUT2D eigenvalue weighted by Gasteiger charge is 1.96. The van der Waals surface area contributed by atoms with Crippen molar-refractivity contribution in [3.63, 3.8) is 0 Å². The molecule has 15 heavy (non-hydrogen) atoms. The highest BCUT2D eigenvalue weighted by Crippen LogP contribution is 2.18. The number of benzene rings is 1. The van der Waals surface area contributed by atoms with Gasteiger partial charge in [-0.15, -0.1) is 11.6 Å². The van der Waals surface area contributed by atoms with Crippen molar-refractivity contribution in [2.75, 3.05) is 12.5 Å². The van der Waals surface area contributed by atoms with Crippen LogP contribution in [-0.4, -0.2) is 12.5 Å². The van der Waals surface area contributed by atoms with Crippen LogP contribution in [0.4, 0.5) is 0 Å². The van der Waals surface area contributed by atoms with Gasteiger partial charge in [0.2, 0.25) is 0 Å². The highest BCUT2D eigenvalue weighted by molar-refractivity contribution is 6.17. The van der Waals surface area contributed by atoms with Crippen molar-refractivity contribution < 1.29 is 4.74 Å². The lowest BCUT2D eigenvalue weighted by Crippen LogP contribution is -1.91. The first kappa shape index (κ1) is 12.1. The molecule has 0 heterocycles. The molecule has 2 heteroatoms. The molecule has 0 fully saturated rings. The summed E-state index contributed by atoms with van der Waals surface area (Å²) < 4.78 is 5.38. The summed E-state index contributed by atoms with van der Waals surface area (Å²) in [6.07, 6.45) is 3.07. The monoisotopic (exact) mass is 224 g/mol. The van der Waals surface area contributed by atoms with Gasteiger partial charge in [-0.3, -0.25) is 0 Å². The Bertz CT molecular complexity index is 314. The van der Waals surface area contributed by atoms with E-state index in [1.165, 1.54) is 11.1 Å². The third-order valence-corrected chi connectivity index (χ3v) is 2.40. The van der Waals surface area contributed by atoms with Crippen molar-refractivity contribution >= 4 is 17.2 Å². The number of hydrogen-bond donors (Lipinski definition) is 0. The molecular formula is C13H17ClO. The molecule has 0 N–H and O–H groups in total. The molecule has 0 radical (unpaired) electrons. The smallest absolute Gasteiger partial charge is 0.119 e. The van der Waals surface area contributed by atoms with Crippen LogP contribution in [-0.2, 0) is 0 Å². The van der Waals surface area contributed by atoms with E-state index in [4.69, 9.17) is 16.3 Å². The fourth-order valence-electron chi connectivity index (χ4n) is 1.37. The van der Waals surface area contributed by atoms with Gasteiger partial charge < -0.3 is 4.74 Å². The van der Waals surface area contributed by atoms with Crippen molar-refractivity contribution in [2.24, 2.45) is 0 Å².